The number of hydrogen-bond donors (Lipinski definition) is 1. The van der Waals surface area contributed by atoms with Crippen LogP contribution in [0.4, 0.5) is 0 Å². The third kappa shape index (κ3) is 2.46. The summed E-state index contributed by atoms with van der Waals surface area (Å²) in [6, 6.07) is 1.04. The maximum absolute atomic E-state index is 10.9. The molecule has 0 amide bonds. The lowest BCUT2D eigenvalue weighted by Crippen LogP contribution is -2.28. The van der Waals surface area contributed by atoms with Crippen LogP contribution in [0, 0.1) is 0 Å². The van der Waals surface area contributed by atoms with E-state index >= 15 is 0 Å². The minimum absolute atomic E-state index is 0.0594. The van der Waals surface area contributed by atoms with E-state index in [1.165, 1.54) is 44.0 Å². The quantitative estimate of drug-likeness (QED) is 0.836. The lowest BCUT2D eigenvalue weighted by molar-refractivity contribution is -0.133. The van der Waals surface area contributed by atoms with Gasteiger partial charge < -0.3 is 9.67 Å². The molecular formula is C14H20N4O2S. The van der Waals surface area contributed by atoms with Crippen molar-refractivity contribution in [2.45, 2.75) is 55.3 Å². The van der Waals surface area contributed by atoms with Gasteiger partial charge in [0, 0.05) is 18.5 Å². The number of thioether (sulfide) groups is 1. The van der Waals surface area contributed by atoms with Crippen molar-refractivity contribution in [3.63, 3.8) is 0 Å². The van der Waals surface area contributed by atoms with Crippen molar-refractivity contribution < 1.29 is 9.90 Å². The molecule has 0 radical (unpaired) electrons. The molecule has 0 bridgehead atoms. The maximum Gasteiger partial charge on any atom is 0.313 e. The van der Waals surface area contributed by atoms with Crippen molar-refractivity contribution in [1.82, 2.24) is 19.7 Å². The number of nitrogens with zero attached hydrogens (tertiary/aromatic N) is 4. The Morgan fingerprint density at radius 3 is 2.81 bits per heavy atom. The first kappa shape index (κ1) is 13.6. The van der Waals surface area contributed by atoms with E-state index in [0.29, 0.717) is 18.0 Å². The van der Waals surface area contributed by atoms with E-state index in [4.69, 9.17) is 5.11 Å². The number of hydrogen-bond acceptors (Lipinski definition) is 5. The Bertz CT molecular complexity index is 557. The summed E-state index contributed by atoms with van der Waals surface area (Å²) in [5, 5.41) is 18.4. The summed E-state index contributed by atoms with van der Waals surface area (Å²) in [4.78, 5) is 13.4. The van der Waals surface area contributed by atoms with Crippen LogP contribution in [0.2, 0.25) is 0 Å². The van der Waals surface area contributed by atoms with Crippen molar-refractivity contribution in [2.75, 3.05) is 18.8 Å². The standard InChI is InChI=1S/C14H20N4O2S/c19-12(20)8-21-14-16-15-13(9-3-4-9)18(14)11-5-7-17-6-1-2-10(11)17/h9-11H,1-8H2,(H,19,20). The zero-order valence-corrected chi connectivity index (χ0v) is 12.8. The van der Waals surface area contributed by atoms with Gasteiger partial charge in [0.15, 0.2) is 5.16 Å². The smallest absolute Gasteiger partial charge is 0.313 e. The normalized spacial score (nSPS) is 29.0. The molecule has 7 heteroatoms. The van der Waals surface area contributed by atoms with Crippen LogP contribution < -0.4 is 0 Å². The van der Waals surface area contributed by atoms with Crippen molar-refractivity contribution in [2.24, 2.45) is 0 Å². The van der Waals surface area contributed by atoms with Gasteiger partial charge in [-0.1, -0.05) is 11.8 Å². The zero-order chi connectivity index (χ0) is 14.4. The fourth-order valence-corrected chi connectivity index (χ4v) is 4.52. The fraction of sp³-hybridized carbons (Fsp3) is 0.786. The number of fused-ring (bicyclic) bond motifs is 1. The largest absolute Gasteiger partial charge is 0.481 e. The molecular weight excluding hydrogens is 288 g/mol. The molecule has 1 N–H and O–H groups in total. The predicted octanol–water partition coefficient (Wildman–Crippen LogP) is 1.74. The molecule has 3 fully saturated rings. The highest BCUT2D eigenvalue weighted by Crippen LogP contribution is 2.45. The van der Waals surface area contributed by atoms with Gasteiger partial charge in [-0.3, -0.25) is 9.69 Å². The number of carboxylic acids is 1. The van der Waals surface area contributed by atoms with E-state index in [0.717, 1.165) is 23.9 Å². The average molecular weight is 308 g/mol. The van der Waals surface area contributed by atoms with Crippen molar-refractivity contribution in [1.29, 1.82) is 0 Å². The van der Waals surface area contributed by atoms with E-state index in [-0.39, 0.29) is 5.75 Å². The first-order valence-electron chi connectivity index (χ1n) is 7.77. The molecule has 1 aromatic rings. The van der Waals surface area contributed by atoms with E-state index in [1.807, 2.05) is 0 Å². The van der Waals surface area contributed by atoms with Gasteiger partial charge in [-0.05, 0) is 38.6 Å². The van der Waals surface area contributed by atoms with Crippen molar-refractivity contribution >= 4 is 17.7 Å². The molecule has 4 rings (SSSR count). The van der Waals surface area contributed by atoms with E-state index in [2.05, 4.69) is 19.7 Å². The molecule has 0 spiro atoms. The highest BCUT2D eigenvalue weighted by Gasteiger charge is 2.42. The number of aliphatic carboxylic acids is 1. The highest BCUT2D eigenvalue weighted by molar-refractivity contribution is 7.99. The molecule has 21 heavy (non-hydrogen) atoms. The second-order valence-corrected chi connectivity index (χ2v) is 7.21. The topological polar surface area (TPSA) is 71.2 Å². The lowest BCUT2D eigenvalue weighted by Gasteiger charge is -2.24. The van der Waals surface area contributed by atoms with Gasteiger partial charge in [-0.15, -0.1) is 10.2 Å². The minimum Gasteiger partial charge on any atom is -0.481 e. The Labute approximate surface area is 127 Å². The first-order valence-corrected chi connectivity index (χ1v) is 8.76. The van der Waals surface area contributed by atoms with Gasteiger partial charge >= 0.3 is 5.97 Å². The van der Waals surface area contributed by atoms with Crippen LogP contribution in [-0.4, -0.2) is 55.6 Å². The second kappa shape index (κ2) is 5.28. The number of aromatic nitrogens is 3. The Hall–Kier alpha value is -1.08. The van der Waals surface area contributed by atoms with Gasteiger partial charge in [0.2, 0.25) is 0 Å². The highest BCUT2D eigenvalue weighted by atomic mass is 32.2. The molecule has 114 valence electrons. The fourth-order valence-electron chi connectivity index (χ4n) is 3.80. The van der Waals surface area contributed by atoms with Crippen LogP contribution >= 0.6 is 11.8 Å². The Kier molecular flexibility index (Phi) is 3.41. The summed E-state index contributed by atoms with van der Waals surface area (Å²) in [6.45, 7) is 2.36. The summed E-state index contributed by atoms with van der Waals surface area (Å²) < 4.78 is 2.29. The SMILES string of the molecule is O=C(O)CSc1nnc(C2CC2)n1C1CCN2CCCC12. The van der Waals surface area contributed by atoms with Crippen LogP contribution in [0.15, 0.2) is 5.16 Å². The third-order valence-electron chi connectivity index (χ3n) is 4.86. The second-order valence-electron chi connectivity index (χ2n) is 6.27. The molecule has 2 unspecified atom stereocenters. The number of carboxylic acid groups (broad SMARTS) is 1. The molecule has 2 atom stereocenters. The molecule has 1 aliphatic carbocycles. The molecule has 1 saturated carbocycles. The molecule has 3 heterocycles. The third-order valence-corrected chi connectivity index (χ3v) is 5.79. The summed E-state index contributed by atoms with van der Waals surface area (Å²) in [6.07, 6.45) is 6.06. The minimum atomic E-state index is -0.795. The molecule has 1 aromatic heterocycles. The average Bonchev–Trinajstić information content (AvgIpc) is 2.89. The summed E-state index contributed by atoms with van der Waals surface area (Å²) in [7, 11) is 0. The summed E-state index contributed by atoms with van der Waals surface area (Å²) in [5.41, 5.74) is 0. The van der Waals surface area contributed by atoms with Gasteiger partial charge in [0.1, 0.15) is 5.82 Å². The maximum atomic E-state index is 10.9. The van der Waals surface area contributed by atoms with E-state index in [1.54, 1.807) is 0 Å². The Morgan fingerprint density at radius 2 is 2.05 bits per heavy atom. The zero-order valence-electron chi connectivity index (χ0n) is 11.9. The van der Waals surface area contributed by atoms with Gasteiger partial charge in [-0.2, -0.15) is 0 Å². The molecule has 3 aliphatic rings. The van der Waals surface area contributed by atoms with Crippen LogP contribution in [-0.2, 0) is 4.79 Å². The lowest BCUT2D eigenvalue weighted by atomic mass is 10.1. The molecule has 2 aliphatic heterocycles. The van der Waals surface area contributed by atoms with Crippen LogP contribution in [0.1, 0.15) is 49.9 Å². The summed E-state index contributed by atoms with van der Waals surface area (Å²) in [5.74, 6) is 0.911. The van der Waals surface area contributed by atoms with Gasteiger partial charge in [0.05, 0.1) is 11.8 Å². The Balaban J connectivity index is 1.64. The number of rotatable bonds is 5. The van der Waals surface area contributed by atoms with Gasteiger partial charge in [-0.25, -0.2) is 0 Å². The van der Waals surface area contributed by atoms with Crippen molar-refractivity contribution in [3.8, 4) is 0 Å². The van der Waals surface area contributed by atoms with Crippen LogP contribution in [0.3, 0.4) is 0 Å². The molecule has 6 nitrogen and oxygen atoms in total. The Morgan fingerprint density at radius 1 is 1.19 bits per heavy atom. The number of carbonyl (C=O) groups is 1. The summed E-state index contributed by atoms with van der Waals surface area (Å²) >= 11 is 1.31. The van der Waals surface area contributed by atoms with Gasteiger partial charge in [0.25, 0.3) is 0 Å². The molecule has 2 saturated heterocycles. The van der Waals surface area contributed by atoms with E-state index in [9.17, 15) is 4.79 Å². The monoisotopic (exact) mass is 308 g/mol. The van der Waals surface area contributed by atoms with Crippen molar-refractivity contribution in [3.05, 3.63) is 5.82 Å². The van der Waals surface area contributed by atoms with Crippen LogP contribution in [0.25, 0.3) is 0 Å². The first-order chi connectivity index (χ1) is 10.2. The molecule has 0 aromatic carbocycles. The van der Waals surface area contributed by atoms with E-state index < -0.39 is 5.97 Å². The predicted molar refractivity (Wildman–Crippen MR) is 78.6 cm³/mol. The van der Waals surface area contributed by atoms with Crippen LogP contribution in [0.5, 0.6) is 0 Å².